The van der Waals surface area contributed by atoms with E-state index in [0.717, 1.165) is 11.4 Å². The van der Waals surface area contributed by atoms with Crippen molar-refractivity contribution in [2.75, 3.05) is 4.90 Å². The first-order chi connectivity index (χ1) is 29.8. The summed E-state index contributed by atoms with van der Waals surface area (Å²) in [5.41, 5.74) is 17.4. The van der Waals surface area contributed by atoms with Crippen LogP contribution in [0.4, 0.5) is 17.1 Å². The molecule has 0 saturated heterocycles. The maximum atomic E-state index is 2.60. The topological polar surface area (TPSA) is 13.1 Å². The minimum atomic E-state index is 0.0237. The number of hydrogen-bond acceptors (Lipinski definition) is 1. The average molecular weight is 760 g/mol. The van der Waals surface area contributed by atoms with Gasteiger partial charge in [-0.25, -0.2) is 0 Å². The van der Waals surface area contributed by atoms with E-state index in [-0.39, 0.29) is 6.71 Å². The number of hydrogen-bond donors (Lipinski definition) is 0. The molecule has 3 nitrogen and oxygen atoms in total. The van der Waals surface area contributed by atoms with Crippen LogP contribution in [0, 0.1) is 0 Å². The minimum Gasteiger partial charge on any atom is -0.311 e. The van der Waals surface area contributed by atoms with Gasteiger partial charge >= 0.3 is 0 Å². The highest BCUT2D eigenvalue weighted by Gasteiger charge is 2.43. The Bertz CT molecular complexity index is 3790. The fourth-order valence-electron chi connectivity index (χ4n) is 10.9. The lowest BCUT2D eigenvalue weighted by molar-refractivity contribution is 1.18. The number of aromatic nitrogens is 2. The molecule has 2 aromatic heterocycles. The second-order valence-electron chi connectivity index (χ2n) is 16.5. The summed E-state index contributed by atoms with van der Waals surface area (Å²) < 4.78 is 5.02. The lowest BCUT2D eigenvalue weighted by Crippen LogP contribution is -2.60. The lowest BCUT2D eigenvalue weighted by Gasteiger charge is -2.41. The highest BCUT2D eigenvalue weighted by molar-refractivity contribution is 7.00. The van der Waals surface area contributed by atoms with Crippen LogP contribution in [0.5, 0.6) is 0 Å². The molecule has 2 aliphatic heterocycles. The van der Waals surface area contributed by atoms with Crippen LogP contribution >= 0.6 is 0 Å². The third-order valence-electron chi connectivity index (χ3n) is 13.4. The van der Waals surface area contributed by atoms with Crippen LogP contribution in [0.2, 0.25) is 0 Å². The predicted molar refractivity (Wildman–Crippen MR) is 255 cm³/mol. The average Bonchev–Trinajstić information content (AvgIpc) is 3.84. The number of rotatable bonds is 3. The molecule has 60 heavy (non-hydrogen) atoms. The van der Waals surface area contributed by atoms with Gasteiger partial charge in [0.05, 0.1) is 22.1 Å². The van der Waals surface area contributed by atoms with Crippen molar-refractivity contribution < 1.29 is 0 Å². The Hall–Kier alpha value is -7.82. The van der Waals surface area contributed by atoms with Gasteiger partial charge in [0.2, 0.25) is 0 Å². The van der Waals surface area contributed by atoms with Crippen LogP contribution in [0.15, 0.2) is 206 Å². The molecule has 0 amide bonds. The van der Waals surface area contributed by atoms with E-state index in [1.165, 1.54) is 110 Å². The molecule has 276 valence electrons. The molecule has 0 bridgehead atoms. The fraction of sp³-hybridized carbons (Fsp3) is 0. The van der Waals surface area contributed by atoms with E-state index in [0.29, 0.717) is 0 Å². The van der Waals surface area contributed by atoms with E-state index < -0.39 is 0 Å². The normalized spacial score (nSPS) is 12.9. The Morgan fingerprint density at radius 3 is 1.70 bits per heavy atom. The summed E-state index contributed by atoms with van der Waals surface area (Å²) in [5.74, 6) is 0. The summed E-state index contributed by atoms with van der Waals surface area (Å²) in [4.78, 5) is 2.54. The van der Waals surface area contributed by atoms with Crippen LogP contribution in [-0.2, 0) is 0 Å². The number of fused-ring (bicyclic) bond motifs is 13. The first-order valence-corrected chi connectivity index (χ1v) is 20.9. The third kappa shape index (κ3) is 4.24. The molecule has 12 aromatic rings. The van der Waals surface area contributed by atoms with Crippen molar-refractivity contribution in [1.82, 2.24) is 9.13 Å². The summed E-state index contributed by atoms with van der Waals surface area (Å²) in [6.45, 7) is 0.0237. The molecule has 0 aliphatic carbocycles. The van der Waals surface area contributed by atoms with E-state index >= 15 is 0 Å². The first-order valence-electron chi connectivity index (χ1n) is 20.9. The Labute approximate surface area is 346 Å². The van der Waals surface area contributed by atoms with Crippen LogP contribution in [0.25, 0.3) is 87.7 Å². The molecular formula is C56H34BN3. The van der Waals surface area contributed by atoms with Crippen molar-refractivity contribution >= 4 is 105 Å². The standard InChI is InChI=1S/C56H34BN3/c1-3-18-40(19-4-1)58-48-25-13-11-23-43(48)44-28-27-37(31-50(44)58)39-33-52-55-53(34-39)60-49-26-14-12-24-45(49)54-42-22-10-9-17-38(42)30-47(56(54)60)57(55)46-29-35-15-7-8-16-36(35)32-51(46)59(52)41-20-5-2-6-21-41/h1-34H. The molecule has 14 rings (SSSR count). The van der Waals surface area contributed by atoms with Gasteiger partial charge in [0.15, 0.2) is 0 Å². The number of para-hydroxylation sites is 4. The molecule has 0 radical (unpaired) electrons. The molecular weight excluding hydrogens is 725 g/mol. The van der Waals surface area contributed by atoms with Crippen LogP contribution in [-0.4, -0.2) is 15.8 Å². The number of benzene rings is 10. The zero-order chi connectivity index (χ0) is 39.1. The van der Waals surface area contributed by atoms with Crippen molar-refractivity contribution in [2.45, 2.75) is 0 Å². The summed E-state index contributed by atoms with van der Waals surface area (Å²) in [5, 5.41) is 10.2. The molecule has 4 heterocycles. The van der Waals surface area contributed by atoms with Gasteiger partial charge in [-0.2, -0.15) is 0 Å². The smallest absolute Gasteiger partial charge is 0.252 e. The van der Waals surface area contributed by atoms with Crippen LogP contribution in [0.1, 0.15) is 0 Å². The molecule has 2 aliphatic rings. The van der Waals surface area contributed by atoms with E-state index in [1.54, 1.807) is 0 Å². The minimum absolute atomic E-state index is 0.0237. The second kappa shape index (κ2) is 11.9. The van der Waals surface area contributed by atoms with Crippen molar-refractivity contribution in [1.29, 1.82) is 0 Å². The number of nitrogens with zero attached hydrogens (tertiary/aromatic N) is 3. The highest BCUT2D eigenvalue weighted by atomic mass is 15.2. The molecule has 0 N–H and O–H groups in total. The fourth-order valence-corrected chi connectivity index (χ4v) is 10.9. The van der Waals surface area contributed by atoms with Gasteiger partial charge < -0.3 is 14.0 Å². The Morgan fingerprint density at radius 2 is 0.917 bits per heavy atom. The van der Waals surface area contributed by atoms with Crippen molar-refractivity contribution in [2.24, 2.45) is 0 Å². The van der Waals surface area contributed by atoms with Gasteiger partial charge in [-0.3, -0.25) is 0 Å². The van der Waals surface area contributed by atoms with Crippen molar-refractivity contribution in [3.05, 3.63) is 206 Å². The van der Waals surface area contributed by atoms with E-state index in [2.05, 4.69) is 220 Å². The summed E-state index contributed by atoms with van der Waals surface area (Å²) in [6.07, 6.45) is 0. The van der Waals surface area contributed by atoms with E-state index in [4.69, 9.17) is 0 Å². The van der Waals surface area contributed by atoms with Gasteiger partial charge in [0.1, 0.15) is 0 Å². The number of anilines is 3. The maximum Gasteiger partial charge on any atom is 0.252 e. The monoisotopic (exact) mass is 759 g/mol. The Balaban J connectivity index is 1.15. The van der Waals surface area contributed by atoms with E-state index in [1.807, 2.05) is 0 Å². The van der Waals surface area contributed by atoms with Gasteiger partial charge in [-0.1, -0.05) is 146 Å². The third-order valence-corrected chi connectivity index (χ3v) is 13.4. The highest BCUT2D eigenvalue weighted by Crippen LogP contribution is 2.46. The molecule has 0 saturated carbocycles. The molecule has 4 heteroatoms. The second-order valence-corrected chi connectivity index (χ2v) is 16.5. The largest absolute Gasteiger partial charge is 0.311 e. The molecule has 0 spiro atoms. The summed E-state index contributed by atoms with van der Waals surface area (Å²) in [6, 6.07) is 76.8. The van der Waals surface area contributed by atoms with Gasteiger partial charge in [-0.15, -0.1) is 0 Å². The van der Waals surface area contributed by atoms with Crippen LogP contribution < -0.4 is 21.3 Å². The predicted octanol–water partition coefficient (Wildman–Crippen LogP) is 12.5. The quantitative estimate of drug-likeness (QED) is 0.164. The SMILES string of the molecule is c1ccc(N2c3cc4ccccc4cc3B3c4c2cc(-c2ccc5c6ccccc6n(-c6ccccc6)c5c2)cc4-n2c4ccccc4c4c5ccccc5cc3c42)cc1. The lowest BCUT2D eigenvalue weighted by atomic mass is 9.33. The first kappa shape index (κ1) is 32.2. The van der Waals surface area contributed by atoms with Gasteiger partial charge in [0, 0.05) is 50.0 Å². The van der Waals surface area contributed by atoms with Crippen molar-refractivity contribution in [3.63, 3.8) is 0 Å². The van der Waals surface area contributed by atoms with E-state index in [9.17, 15) is 0 Å². The summed E-state index contributed by atoms with van der Waals surface area (Å²) in [7, 11) is 0. The van der Waals surface area contributed by atoms with Gasteiger partial charge in [-0.05, 0) is 110 Å². The zero-order valence-electron chi connectivity index (χ0n) is 32.5. The molecule has 0 atom stereocenters. The molecule has 10 aromatic carbocycles. The summed E-state index contributed by atoms with van der Waals surface area (Å²) >= 11 is 0. The molecule has 0 unspecified atom stereocenters. The van der Waals surface area contributed by atoms with Crippen molar-refractivity contribution in [3.8, 4) is 22.5 Å². The van der Waals surface area contributed by atoms with Gasteiger partial charge in [0.25, 0.3) is 6.71 Å². The molecule has 0 fully saturated rings. The maximum absolute atomic E-state index is 2.60. The Morgan fingerprint density at radius 1 is 0.333 bits per heavy atom. The Kier molecular flexibility index (Phi) is 6.37. The van der Waals surface area contributed by atoms with Crippen LogP contribution in [0.3, 0.4) is 0 Å². The zero-order valence-corrected chi connectivity index (χ0v) is 32.5.